The van der Waals surface area contributed by atoms with E-state index in [2.05, 4.69) is 5.32 Å². The largest absolute Gasteiger partial charge is 0.493 e. The number of rotatable bonds is 7. The van der Waals surface area contributed by atoms with Gasteiger partial charge in [0.05, 0.1) is 20.3 Å². The van der Waals surface area contributed by atoms with Gasteiger partial charge in [0.25, 0.3) is 0 Å². The number of hydrogen-bond donors (Lipinski definition) is 1. The fraction of sp³-hybridized carbons (Fsp3) is 0.562. The Hall–Kier alpha value is -1.75. The first-order valence-electron chi connectivity index (χ1n) is 7.11. The molecule has 0 fully saturated rings. The molecule has 1 rings (SSSR count). The van der Waals surface area contributed by atoms with Gasteiger partial charge in [-0.25, -0.2) is 0 Å². The number of ether oxygens (including phenoxy) is 2. The van der Waals surface area contributed by atoms with Crippen molar-refractivity contribution in [2.24, 2.45) is 0 Å². The number of carbonyl (C=O) groups excluding carboxylic acids is 1. The summed E-state index contributed by atoms with van der Waals surface area (Å²) in [5.41, 5.74) is 0.989. The van der Waals surface area contributed by atoms with Crippen LogP contribution in [0.5, 0.6) is 11.5 Å². The molecule has 1 amide bonds. The van der Waals surface area contributed by atoms with E-state index in [1.165, 1.54) is 0 Å². The summed E-state index contributed by atoms with van der Waals surface area (Å²) in [7, 11) is 5.16. The molecule has 0 spiro atoms. The molecule has 5 nitrogen and oxygen atoms in total. The van der Waals surface area contributed by atoms with Gasteiger partial charge in [-0.1, -0.05) is 12.1 Å². The van der Waals surface area contributed by atoms with Crippen molar-refractivity contribution in [1.29, 1.82) is 0 Å². The van der Waals surface area contributed by atoms with Crippen LogP contribution in [-0.4, -0.2) is 44.2 Å². The lowest BCUT2D eigenvalue weighted by Crippen LogP contribution is -2.45. The molecule has 1 aromatic carbocycles. The van der Waals surface area contributed by atoms with Crippen molar-refractivity contribution in [2.45, 2.75) is 39.4 Å². The molecule has 0 aliphatic carbocycles. The molecule has 0 saturated heterocycles. The highest BCUT2D eigenvalue weighted by atomic mass is 16.5. The van der Waals surface area contributed by atoms with Crippen LogP contribution in [0.25, 0.3) is 0 Å². The molecular formula is C16H26N2O3. The van der Waals surface area contributed by atoms with Crippen LogP contribution >= 0.6 is 0 Å². The lowest BCUT2D eigenvalue weighted by Gasteiger charge is -2.25. The van der Waals surface area contributed by atoms with E-state index < -0.39 is 0 Å². The van der Waals surface area contributed by atoms with Gasteiger partial charge in [-0.15, -0.1) is 0 Å². The third-order valence-corrected chi connectivity index (χ3v) is 3.38. The molecule has 1 atom stereocenters. The maximum Gasteiger partial charge on any atom is 0.237 e. The second kappa shape index (κ2) is 7.88. The maximum atomic E-state index is 12.1. The molecule has 21 heavy (non-hydrogen) atoms. The summed E-state index contributed by atoms with van der Waals surface area (Å²) >= 11 is 0. The zero-order chi connectivity index (χ0) is 16.0. The van der Waals surface area contributed by atoms with Crippen molar-refractivity contribution >= 4 is 5.91 Å². The highest BCUT2D eigenvalue weighted by Gasteiger charge is 2.20. The molecule has 0 bridgehead atoms. The summed E-state index contributed by atoms with van der Waals surface area (Å²) in [5.74, 6) is 1.43. The van der Waals surface area contributed by atoms with Crippen LogP contribution in [0.4, 0.5) is 0 Å². The first-order valence-corrected chi connectivity index (χ1v) is 7.11. The minimum absolute atomic E-state index is 0.0226. The molecule has 0 heterocycles. The second-order valence-electron chi connectivity index (χ2n) is 5.41. The second-order valence-corrected chi connectivity index (χ2v) is 5.41. The Morgan fingerprint density at radius 3 is 2.43 bits per heavy atom. The van der Waals surface area contributed by atoms with Crippen LogP contribution in [-0.2, 0) is 11.3 Å². The van der Waals surface area contributed by atoms with E-state index in [0.717, 1.165) is 5.56 Å². The van der Waals surface area contributed by atoms with E-state index in [1.807, 2.05) is 50.9 Å². The molecule has 1 aromatic rings. The molecule has 1 N–H and O–H groups in total. The zero-order valence-electron chi connectivity index (χ0n) is 13.8. The van der Waals surface area contributed by atoms with Crippen molar-refractivity contribution in [3.05, 3.63) is 23.8 Å². The quantitative estimate of drug-likeness (QED) is 0.836. The number of likely N-dealkylation sites (N-methyl/N-ethyl adjacent to an activating group) is 1. The van der Waals surface area contributed by atoms with Crippen molar-refractivity contribution in [3.63, 3.8) is 0 Å². The number of para-hydroxylation sites is 1. The first-order chi connectivity index (χ1) is 9.90. The number of benzene rings is 1. The normalized spacial score (nSPS) is 12.4. The van der Waals surface area contributed by atoms with Crippen LogP contribution < -0.4 is 14.8 Å². The number of hydrogen-bond acceptors (Lipinski definition) is 4. The lowest BCUT2D eigenvalue weighted by molar-refractivity contribution is -0.126. The predicted molar refractivity (Wildman–Crippen MR) is 83.8 cm³/mol. The summed E-state index contributed by atoms with van der Waals surface area (Å²) in [5, 5.41) is 2.92. The minimum atomic E-state index is -0.219. The Labute approximate surface area is 127 Å². The Kier molecular flexibility index (Phi) is 6.49. The number of nitrogens with zero attached hydrogens (tertiary/aromatic N) is 1. The van der Waals surface area contributed by atoms with Crippen LogP contribution in [0, 0.1) is 0 Å². The summed E-state index contributed by atoms with van der Waals surface area (Å²) in [6.07, 6.45) is 0. The van der Waals surface area contributed by atoms with Gasteiger partial charge in [0, 0.05) is 18.2 Å². The molecule has 0 aromatic heterocycles. The van der Waals surface area contributed by atoms with Gasteiger partial charge in [0.1, 0.15) is 0 Å². The average molecular weight is 294 g/mol. The highest BCUT2D eigenvalue weighted by Crippen LogP contribution is 2.31. The van der Waals surface area contributed by atoms with Gasteiger partial charge >= 0.3 is 0 Å². The van der Waals surface area contributed by atoms with Crippen LogP contribution in [0.1, 0.15) is 26.3 Å². The average Bonchev–Trinajstić information content (AvgIpc) is 2.45. The van der Waals surface area contributed by atoms with Crippen molar-refractivity contribution in [1.82, 2.24) is 10.2 Å². The Morgan fingerprint density at radius 2 is 1.90 bits per heavy atom. The number of methoxy groups -OCH3 is 2. The first kappa shape index (κ1) is 17.3. The summed E-state index contributed by atoms with van der Waals surface area (Å²) < 4.78 is 10.7. The SMILES string of the molecule is COc1cccc(CN(C)[C@@H](C)C(=O)NC(C)C)c1OC. The molecular weight excluding hydrogens is 268 g/mol. The fourth-order valence-electron chi connectivity index (χ4n) is 2.09. The van der Waals surface area contributed by atoms with E-state index >= 15 is 0 Å². The zero-order valence-corrected chi connectivity index (χ0v) is 13.8. The van der Waals surface area contributed by atoms with Gasteiger partial charge in [0.2, 0.25) is 5.91 Å². The van der Waals surface area contributed by atoms with Gasteiger partial charge in [0.15, 0.2) is 11.5 Å². The van der Waals surface area contributed by atoms with Gasteiger partial charge in [-0.3, -0.25) is 9.69 Å². The van der Waals surface area contributed by atoms with Crippen molar-refractivity contribution in [3.8, 4) is 11.5 Å². The van der Waals surface area contributed by atoms with Gasteiger partial charge in [-0.05, 0) is 33.9 Å². The smallest absolute Gasteiger partial charge is 0.237 e. The number of nitrogens with one attached hydrogen (secondary N) is 1. The molecule has 0 aliphatic rings. The molecule has 0 unspecified atom stereocenters. The van der Waals surface area contributed by atoms with Crippen LogP contribution in [0.3, 0.4) is 0 Å². The number of amides is 1. The maximum absolute atomic E-state index is 12.1. The Morgan fingerprint density at radius 1 is 1.24 bits per heavy atom. The monoisotopic (exact) mass is 294 g/mol. The van der Waals surface area contributed by atoms with Gasteiger partial charge in [-0.2, -0.15) is 0 Å². The molecule has 0 aliphatic heterocycles. The Bertz CT molecular complexity index is 475. The van der Waals surface area contributed by atoms with Crippen LogP contribution in [0.2, 0.25) is 0 Å². The summed E-state index contributed by atoms with van der Waals surface area (Å²) in [4.78, 5) is 14.0. The van der Waals surface area contributed by atoms with E-state index in [1.54, 1.807) is 14.2 Å². The lowest BCUT2D eigenvalue weighted by atomic mass is 10.1. The third kappa shape index (κ3) is 4.63. The van der Waals surface area contributed by atoms with E-state index in [-0.39, 0.29) is 18.0 Å². The van der Waals surface area contributed by atoms with Gasteiger partial charge < -0.3 is 14.8 Å². The van der Waals surface area contributed by atoms with Crippen molar-refractivity contribution < 1.29 is 14.3 Å². The van der Waals surface area contributed by atoms with E-state index in [4.69, 9.17) is 9.47 Å². The predicted octanol–water partition coefficient (Wildman–Crippen LogP) is 2.05. The Balaban J connectivity index is 2.83. The highest BCUT2D eigenvalue weighted by molar-refractivity contribution is 5.81. The molecule has 0 radical (unpaired) electrons. The molecule has 0 saturated carbocycles. The topological polar surface area (TPSA) is 50.8 Å². The summed E-state index contributed by atoms with van der Waals surface area (Å²) in [6, 6.07) is 5.67. The van der Waals surface area contributed by atoms with E-state index in [0.29, 0.717) is 18.0 Å². The van der Waals surface area contributed by atoms with Crippen LogP contribution in [0.15, 0.2) is 18.2 Å². The molecule has 5 heteroatoms. The van der Waals surface area contributed by atoms with E-state index in [9.17, 15) is 4.79 Å². The summed E-state index contributed by atoms with van der Waals surface area (Å²) in [6.45, 7) is 6.41. The van der Waals surface area contributed by atoms with Crippen molar-refractivity contribution in [2.75, 3.05) is 21.3 Å². The standard InChI is InChI=1S/C16H26N2O3/c1-11(2)17-16(19)12(3)18(4)10-13-8-7-9-14(20-5)15(13)21-6/h7-9,11-12H,10H2,1-6H3,(H,17,19)/t12-/m0/s1. The number of carbonyl (C=O) groups is 1. The fourth-order valence-corrected chi connectivity index (χ4v) is 2.09. The molecule has 118 valence electrons. The minimum Gasteiger partial charge on any atom is -0.493 e. The third-order valence-electron chi connectivity index (χ3n) is 3.38.